The van der Waals surface area contributed by atoms with Gasteiger partial charge in [0.05, 0.1) is 5.52 Å². The van der Waals surface area contributed by atoms with Crippen molar-refractivity contribution in [3.8, 4) is 0 Å². The van der Waals surface area contributed by atoms with Crippen LogP contribution < -0.4 is 10.6 Å². The van der Waals surface area contributed by atoms with Gasteiger partial charge >= 0.3 is 0 Å². The smallest absolute Gasteiger partial charge is 0.171 e. The molecular formula is C17H23N3S. The second-order valence-electron chi connectivity index (χ2n) is 6.63. The average molecular weight is 301 g/mol. The van der Waals surface area contributed by atoms with E-state index < -0.39 is 0 Å². The number of aromatic nitrogens is 1. The fraction of sp³-hybridized carbons (Fsp3) is 0.412. The fourth-order valence-corrected chi connectivity index (χ4v) is 2.47. The quantitative estimate of drug-likeness (QED) is 0.804. The maximum atomic E-state index is 5.32. The lowest BCUT2D eigenvalue weighted by Crippen LogP contribution is -2.42. The van der Waals surface area contributed by atoms with Crippen LogP contribution >= 0.6 is 12.2 Å². The molecule has 0 radical (unpaired) electrons. The van der Waals surface area contributed by atoms with Crippen molar-refractivity contribution >= 4 is 33.9 Å². The number of pyridine rings is 1. The highest BCUT2D eigenvalue weighted by molar-refractivity contribution is 7.80. The zero-order valence-corrected chi connectivity index (χ0v) is 14.1. The highest BCUT2D eigenvalue weighted by atomic mass is 32.1. The van der Waals surface area contributed by atoms with E-state index in [1.807, 2.05) is 12.1 Å². The first kappa shape index (κ1) is 15.7. The maximum Gasteiger partial charge on any atom is 0.171 e. The van der Waals surface area contributed by atoms with Crippen LogP contribution in [0.3, 0.4) is 0 Å². The highest BCUT2D eigenvalue weighted by Gasteiger charge is 2.11. The van der Waals surface area contributed by atoms with Gasteiger partial charge in [-0.1, -0.05) is 19.9 Å². The summed E-state index contributed by atoms with van der Waals surface area (Å²) in [4.78, 5) is 4.68. The van der Waals surface area contributed by atoms with E-state index in [0.717, 1.165) is 22.3 Å². The molecule has 0 saturated carbocycles. The molecule has 0 fully saturated rings. The van der Waals surface area contributed by atoms with Crippen LogP contribution in [0.1, 0.15) is 46.2 Å². The summed E-state index contributed by atoms with van der Waals surface area (Å²) in [7, 11) is 0. The second kappa shape index (κ2) is 5.98. The van der Waals surface area contributed by atoms with Crippen molar-refractivity contribution in [1.29, 1.82) is 0 Å². The van der Waals surface area contributed by atoms with Gasteiger partial charge in [0, 0.05) is 22.3 Å². The lowest BCUT2D eigenvalue weighted by atomic mass is 10.1. The van der Waals surface area contributed by atoms with Crippen LogP contribution in [-0.2, 0) is 0 Å². The summed E-state index contributed by atoms with van der Waals surface area (Å²) < 4.78 is 0. The first-order chi connectivity index (χ1) is 9.74. The lowest BCUT2D eigenvalue weighted by molar-refractivity contribution is 0.515. The minimum atomic E-state index is -0.0470. The molecule has 0 aliphatic rings. The van der Waals surface area contributed by atoms with E-state index in [0.29, 0.717) is 11.0 Å². The molecule has 0 bridgehead atoms. The molecular weight excluding hydrogens is 278 g/mol. The van der Waals surface area contributed by atoms with Gasteiger partial charge < -0.3 is 10.6 Å². The number of rotatable bonds is 2. The summed E-state index contributed by atoms with van der Waals surface area (Å²) in [6, 6.07) is 10.3. The van der Waals surface area contributed by atoms with Crippen molar-refractivity contribution in [2.75, 3.05) is 5.32 Å². The molecule has 21 heavy (non-hydrogen) atoms. The monoisotopic (exact) mass is 301 g/mol. The molecule has 112 valence electrons. The van der Waals surface area contributed by atoms with Gasteiger partial charge in [-0.15, -0.1) is 0 Å². The molecule has 2 N–H and O–H groups in total. The van der Waals surface area contributed by atoms with E-state index in [1.165, 1.54) is 0 Å². The van der Waals surface area contributed by atoms with E-state index in [9.17, 15) is 0 Å². The van der Waals surface area contributed by atoms with Gasteiger partial charge in [-0.25, -0.2) is 0 Å². The minimum Gasteiger partial charge on any atom is -0.358 e. The van der Waals surface area contributed by atoms with Gasteiger partial charge in [0.2, 0.25) is 0 Å². The molecule has 0 atom stereocenters. The number of nitrogens with one attached hydrogen (secondary N) is 2. The zero-order chi connectivity index (χ0) is 15.6. The van der Waals surface area contributed by atoms with Gasteiger partial charge in [0.25, 0.3) is 0 Å². The third kappa shape index (κ3) is 4.39. The summed E-state index contributed by atoms with van der Waals surface area (Å²) in [6.45, 7) is 10.6. The van der Waals surface area contributed by atoms with Crippen molar-refractivity contribution in [2.45, 2.75) is 46.1 Å². The Hall–Kier alpha value is -1.68. The molecule has 2 aromatic rings. The summed E-state index contributed by atoms with van der Waals surface area (Å²) in [5.41, 5.74) is 3.06. The molecule has 2 rings (SSSR count). The van der Waals surface area contributed by atoms with Gasteiger partial charge in [0.15, 0.2) is 5.11 Å². The van der Waals surface area contributed by atoms with E-state index in [2.05, 4.69) is 68.4 Å². The highest BCUT2D eigenvalue weighted by Crippen LogP contribution is 2.21. The van der Waals surface area contributed by atoms with Crippen LogP contribution in [-0.4, -0.2) is 15.6 Å². The number of hydrogen-bond donors (Lipinski definition) is 2. The van der Waals surface area contributed by atoms with Crippen LogP contribution in [0.5, 0.6) is 0 Å². The Morgan fingerprint density at radius 3 is 2.48 bits per heavy atom. The van der Waals surface area contributed by atoms with Crippen molar-refractivity contribution in [2.24, 2.45) is 0 Å². The van der Waals surface area contributed by atoms with Gasteiger partial charge in [-0.3, -0.25) is 4.98 Å². The Morgan fingerprint density at radius 1 is 1.14 bits per heavy atom. The molecule has 3 nitrogen and oxygen atoms in total. The standard InChI is InChI=1S/C17H23N3S/c1-11(2)14-8-6-12-10-13(7-9-15(12)19-14)18-16(21)20-17(3,4)5/h6-11H,1-5H3,(H2,18,20,21). The van der Waals surface area contributed by atoms with Gasteiger partial charge in [-0.05, 0) is 63.2 Å². The molecule has 1 aromatic heterocycles. The lowest BCUT2D eigenvalue weighted by Gasteiger charge is -2.23. The Bertz CT molecular complexity index is 657. The number of benzene rings is 1. The van der Waals surface area contributed by atoms with E-state index in [1.54, 1.807) is 0 Å². The third-order valence-electron chi connectivity index (χ3n) is 3.05. The maximum absolute atomic E-state index is 5.32. The first-order valence-electron chi connectivity index (χ1n) is 7.24. The molecule has 1 heterocycles. The summed E-state index contributed by atoms with van der Waals surface area (Å²) in [6.07, 6.45) is 0. The largest absolute Gasteiger partial charge is 0.358 e. The average Bonchev–Trinajstić information content (AvgIpc) is 2.35. The predicted molar refractivity (Wildman–Crippen MR) is 94.9 cm³/mol. The Morgan fingerprint density at radius 2 is 1.86 bits per heavy atom. The van der Waals surface area contributed by atoms with Crippen LogP contribution in [0.15, 0.2) is 30.3 Å². The molecule has 0 aliphatic heterocycles. The zero-order valence-electron chi connectivity index (χ0n) is 13.3. The second-order valence-corrected chi connectivity index (χ2v) is 7.04. The number of hydrogen-bond acceptors (Lipinski definition) is 2. The topological polar surface area (TPSA) is 37.0 Å². The Kier molecular flexibility index (Phi) is 4.47. The van der Waals surface area contributed by atoms with E-state index in [-0.39, 0.29) is 5.54 Å². The van der Waals surface area contributed by atoms with Crippen LogP contribution in [0.25, 0.3) is 10.9 Å². The van der Waals surface area contributed by atoms with Crippen LogP contribution in [0.4, 0.5) is 5.69 Å². The molecule has 0 amide bonds. The normalized spacial score (nSPS) is 11.7. The van der Waals surface area contributed by atoms with Crippen LogP contribution in [0, 0.1) is 0 Å². The molecule has 4 heteroatoms. The minimum absolute atomic E-state index is 0.0470. The SMILES string of the molecule is CC(C)c1ccc2cc(NC(=S)NC(C)(C)C)ccc2n1. The summed E-state index contributed by atoms with van der Waals surface area (Å²) >= 11 is 5.32. The molecule has 0 unspecified atom stereocenters. The van der Waals surface area contributed by atoms with Crippen LogP contribution in [0.2, 0.25) is 0 Å². The van der Waals surface area contributed by atoms with Gasteiger partial charge in [0.1, 0.15) is 0 Å². The Balaban J connectivity index is 2.20. The fourth-order valence-electron chi connectivity index (χ4n) is 2.04. The predicted octanol–water partition coefficient (Wildman–Crippen LogP) is 4.44. The first-order valence-corrected chi connectivity index (χ1v) is 7.65. The van der Waals surface area contributed by atoms with E-state index >= 15 is 0 Å². The number of nitrogens with zero attached hydrogens (tertiary/aromatic N) is 1. The van der Waals surface area contributed by atoms with E-state index in [4.69, 9.17) is 12.2 Å². The number of thiocarbonyl (C=S) groups is 1. The molecule has 0 saturated heterocycles. The molecule has 0 aliphatic carbocycles. The summed E-state index contributed by atoms with van der Waals surface area (Å²) in [5, 5.41) is 8.21. The number of anilines is 1. The third-order valence-corrected chi connectivity index (χ3v) is 3.25. The summed E-state index contributed by atoms with van der Waals surface area (Å²) in [5.74, 6) is 0.441. The van der Waals surface area contributed by atoms with Crippen molar-refractivity contribution in [1.82, 2.24) is 10.3 Å². The number of fused-ring (bicyclic) bond motifs is 1. The van der Waals surface area contributed by atoms with Crippen molar-refractivity contribution in [3.63, 3.8) is 0 Å². The molecule has 1 aromatic carbocycles. The molecule has 0 spiro atoms. The van der Waals surface area contributed by atoms with Gasteiger partial charge in [-0.2, -0.15) is 0 Å². The van der Waals surface area contributed by atoms with Crippen molar-refractivity contribution < 1.29 is 0 Å². The Labute approximate surface area is 132 Å². The van der Waals surface area contributed by atoms with Crippen molar-refractivity contribution in [3.05, 3.63) is 36.0 Å².